The summed E-state index contributed by atoms with van der Waals surface area (Å²) in [7, 11) is 0. The van der Waals surface area contributed by atoms with E-state index in [0.717, 1.165) is 25.5 Å². The third kappa shape index (κ3) is 2.76. The van der Waals surface area contributed by atoms with Crippen LogP contribution < -0.4 is 5.73 Å². The van der Waals surface area contributed by atoms with Crippen molar-refractivity contribution in [2.75, 3.05) is 13.2 Å². The molecule has 0 bridgehead atoms. The maximum absolute atomic E-state index is 5.69. The van der Waals surface area contributed by atoms with Crippen LogP contribution in [-0.2, 0) is 4.74 Å². The largest absolute Gasteiger partial charge is 0.378 e. The van der Waals surface area contributed by atoms with Crippen LogP contribution in [0.1, 0.15) is 39.0 Å². The Morgan fingerprint density at radius 1 is 1.42 bits per heavy atom. The van der Waals surface area contributed by atoms with Crippen LogP contribution in [0.25, 0.3) is 0 Å². The minimum atomic E-state index is 0.447. The summed E-state index contributed by atoms with van der Waals surface area (Å²) >= 11 is 0. The molecule has 0 aromatic rings. The second-order valence-corrected chi connectivity index (χ2v) is 3.62. The van der Waals surface area contributed by atoms with Gasteiger partial charge in [-0.15, -0.1) is 0 Å². The maximum atomic E-state index is 5.69. The quantitative estimate of drug-likeness (QED) is 0.686. The van der Waals surface area contributed by atoms with Gasteiger partial charge in [-0.3, -0.25) is 0 Å². The summed E-state index contributed by atoms with van der Waals surface area (Å²) in [6.07, 6.45) is 6.97. The van der Waals surface area contributed by atoms with Gasteiger partial charge < -0.3 is 10.5 Å². The molecule has 1 aliphatic carbocycles. The molecule has 0 aromatic heterocycles. The summed E-state index contributed by atoms with van der Waals surface area (Å²) in [6, 6.07) is 0. The van der Waals surface area contributed by atoms with Gasteiger partial charge in [-0.05, 0) is 38.6 Å². The fourth-order valence-corrected chi connectivity index (χ4v) is 2.16. The Balaban J connectivity index is 2.29. The van der Waals surface area contributed by atoms with Gasteiger partial charge in [0.2, 0.25) is 0 Å². The van der Waals surface area contributed by atoms with Gasteiger partial charge in [-0.1, -0.05) is 12.8 Å². The molecule has 0 unspecified atom stereocenters. The van der Waals surface area contributed by atoms with E-state index < -0.39 is 0 Å². The van der Waals surface area contributed by atoms with E-state index in [1.807, 2.05) is 0 Å². The van der Waals surface area contributed by atoms with Crippen LogP contribution in [0.15, 0.2) is 0 Å². The van der Waals surface area contributed by atoms with E-state index in [1.165, 1.54) is 25.7 Å². The van der Waals surface area contributed by atoms with Crippen LogP contribution in [0, 0.1) is 5.92 Å². The molecule has 0 amide bonds. The van der Waals surface area contributed by atoms with Crippen molar-refractivity contribution in [1.82, 2.24) is 0 Å². The molecule has 72 valence electrons. The summed E-state index contributed by atoms with van der Waals surface area (Å²) in [5.74, 6) is 0.800. The Kier molecular flexibility index (Phi) is 4.62. The zero-order valence-corrected chi connectivity index (χ0v) is 8.09. The smallest absolute Gasteiger partial charge is 0.0615 e. The fraction of sp³-hybridized carbons (Fsp3) is 1.00. The van der Waals surface area contributed by atoms with Crippen LogP contribution in [0.5, 0.6) is 0 Å². The number of rotatable bonds is 5. The number of nitrogens with two attached hydrogens (primary N) is 1. The highest BCUT2D eigenvalue weighted by molar-refractivity contribution is 4.76. The van der Waals surface area contributed by atoms with Crippen molar-refractivity contribution < 1.29 is 4.74 Å². The predicted octanol–water partition coefficient (Wildman–Crippen LogP) is 1.93. The Morgan fingerprint density at radius 2 is 2.08 bits per heavy atom. The molecule has 0 heterocycles. The molecule has 2 nitrogen and oxygen atoms in total. The van der Waals surface area contributed by atoms with Crippen LogP contribution >= 0.6 is 0 Å². The summed E-state index contributed by atoms with van der Waals surface area (Å²) < 4.78 is 5.69. The zero-order chi connectivity index (χ0) is 8.81. The lowest BCUT2D eigenvalue weighted by atomic mass is 9.98. The maximum Gasteiger partial charge on any atom is 0.0615 e. The summed E-state index contributed by atoms with van der Waals surface area (Å²) in [5, 5.41) is 0. The molecule has 2 heteroatoms. The van der Waals surface area contributed by atoms with Crippen LogP contribution in [0.2, 0.25) is 0 Å². The van der Waals surface area contributed by atoms with Crippen LogP contribution in [0.4, 0.5) is 0 Å². The number of ether oxygens (including phenoxy) is 1. The van der Waals surface area contributed by atoms with E-state index in [1.54, 1.807) is 0 Å². The summed E-state index contributed by atoms with van der Waals surface area (Å²) in [6.45, 7) is 3.67. The van der Waals surface area contributed by atoms with Gasteiger partial charge in [0, 0.05) is 6.61 Å². The topological polar surface area (TPSA) is 35.2 Å². The van der Waals surface area contributed by atoms with Crippen molar-refractivity contribution in [3.63, 3.8) is 0 Å². The minimum absolute atomic E-state index is 0.447. The molecule has 1 atom stereocenters. The monoisotopic (exact) mass is 171 g/mol. The molecule has 1 saturated carbocycles. The van der Waals surface area contributed by atoms with E-state index in [9.17, 15) is 0 Å². The number of hydrogen-bond acceptors (Lipinski definition) is 2. The third-order valence-corrected chi connectivity index (χ3v) is 2.76. The molecule has 1 rings (SSSR count). The van der Waals surface area contributed by atoms with Crippen molar-refractivity contribution in [3.05, 3.63) is 0 Å². The summed E-state index contributed by atoms with van der Waals surface area (Å²) in [5.41, 5.74) is 5.55. The molecule has 0 aliphatic heterocycles. The van der Waals surface area contributed by atoms with Gasteiger partial charge in [0.05, 0.1) is 6.10 Å². The van der Waals surface area contributed by atoms with Gasteiger partial charge >= 0.3 is 0 Å². The molecule has 0 spiro atoms. The lowest BCUT2D eigenvalue weighted by Crippen LogP contribution is -2.25. The molecular weight excluding hydrogens is 150 g/mol. The van der Waals surface area contributed by atoms with E-state index in [-0.39, 0.29) is 0 Å². The van der Waals surface area contributed by atoms with Crippen molar-refractivity contribution in [2.45, 2.75) is 45.1 Å². The average Bonchev–Trinajstić information content (AvgIpc) is 2.56. The first kappa shape index (κ1) is 10.0. The first-order valence-electron chi connectivity index (χ1n) is 5.20. The molecule has 1 aliphatic rings. The Hall–Kier alpha value is -0.0800. The van der Waals surface area contributed by atoms with Gasteiger partial charge in [0.25, 0.3) is 0 Å². The molecule has 1 fully saturated rings. The normalized spacial score (nSPS) is 21.5. The lowest BCUT2D eigenvalue weighted by molar-refractivity contribution is 0.0177. The highest BCUT2D eigenvalue weighted by atomic mass is 16.5. The second kappa shape index (κ2) is 5.55. The van der Waals surface area contributed by atoms with Gasteiger partial charge in [0.1, 0.15) is 0 Å². The van der Waals surface area contributed by atoms with Gasteiger partial charge in [0.15, 0.2) is 0 Å². The van der Waals surface area contributed by atoms with E-state index in [2.05, 4.69) is 6.92 Å². The van der Waals surface area contributed by atoms with Gasteiger partial charge in [-0.25, -0.2) is 0 Å². The third-order valence-electron chi connectivity index (χ3n) is 2.76. The SMILES string of the molecule is CCO[C@H](CCN)C1CCCC1. The van der Waals surface area contributed by atoms with Gasteiger partial charge in [-0.2, -0.15) is 0 Å². The lowest BCUT2D eigenvalue weighted by Gasteiger charge is -2.22. The van der Waals surface area contributed by atoms with Crippen molar-refractivity contribution >= 4 is 0 Å². The fourth-order valence-electron chi connectivity index (χ4n) is 2.16. The van der Waals surface area contributed by atoms with Crippen molar-refractivity contribution in [3.8, 4) is 0 Å². The average molecular weight is 171 g/mol. The standard InChI is InChI=1S/C10H21NO/c1-2-12-10(7-8-11)9-5-3-4-6-9/h9-10H,2-8,11H2,1H3/t10-/m1/s1. The van der Waals surface area contributed by atoms with Crippen molar-refractivity contribution in [2.24, 2.45) is 11.7 Å². The molecular formula is C10H21NO. The Bertz CT molecular complexity index is 104. The highest BCUT2D eigenvalue weighted by Crippen LogP contribution is 2.30. The predicted molar refractivity (Wildman–Crippen MR) is 51.0 cm³/mol. The van der Waals surface area contributed by atoms with Crippen LogP contribution in [-0.4, -0.2) is 19.3 Å². The van der Waals surface area contributed by atoms with E-state index >= 15 is 0 Å². The Labute approximate surface area is 75.5 Å². The first-order valence-corrected chi connectivity index (χ1v) is 5.20. The molecule has 0 aromatic carbocycles. The molecule has 0 radical (unpaired) electrons. The summed E-state index contributed by atoms with van der Waals surface area (Å²) in [4.78, 5) is 0. The number of hydrogen-bond donors (Lipinski definition) is 1. The minimum Gasteiger partial charge on any atom is -0.378 e. The molecule has 2 N–H and O–H groups in total. The highest BCUT2D eigenvalue weighted by Gasteiger charge is 2.24. The van der Waals surface area contributed by atoms with Crippen molar-refractivity contribution in [1.29, 1.82) is 0 Å². The molecule has 0 saturated heterocycles. The van der Waals surface area contributed by atoms with E-state index in [0.29, 0.717) is 6.10 Å². The first-order chi connectivity index (χ1) is 5.88. The van der Waals surface area contributed by atoms with E-state index in [4.69, 9.17) is 10.5 Å². The zero-order valence-electron chi connectivity index (χ0n) is 8.09. The molecule has 12 heavy (non-hydrogen) atoms. The Morgan fingerprint density at radius 3 is 2.58 bits per heavy atom. The van der Waals surface area contributed by atoms with Crippen LogP contribution in [0.3, 0.4) is 0 Å². The second-order valence-electron chi connectivity index (χ2n) is 3.62.